The highest BCUT2D eigenvalue weighted by atomic mass is 79.9. The number of nitrogens with one attached hydrogen (secondary N) is 1. The lowest BCUT2D eigenvalue weighted by Crippen LogP contribution is -2.57. The fourth-order valence-electron chi connectivity index (χ4n) is 3.81. The normalized spacial score (nSPS) is 15.6. The lowest BCUT2D eigenvalue weighted by molar-refractivity contribution is -0.147. The molecule has 1 unspecified atom stereocenters. The standard InChI is InChI=1S/C27H33BrN2O5/c1-19(2)12-16-34-24-11-10-21(17-22(24)28)27(33)30-14-13-29-26(32)23(30)18-25(31)35-15-6-9-20-7-4-3-5-8-20/h3-5,7-8,10-11,17,19,23H,6,9,12-16,18H2,1-2H3,(H,29,32). The zero-order chi connectivity index (χ0) is 25.2. The molecule has 1 atom stereocenters. The van der Waals surface area contributed by atoms with E-state index in [1.807, 2.05) is 30.3 Å². The molecule has 1 saturated heterocycles. The molecule has 188 valence electrons. The Kier molecular flexibility index (Phi) is 10.1. The first-order valence-corrected chi connectivity index (χ1v) is 12.8. The number of halogens is 1. The zero-order valence-corrected chi connectivity index (χ0v) is 21.9. The number of aryl methyl sites for hydroxylation is 1. The first-order chi connectivity index (χ1) is 16.8. The zero-order valence-electron chi connectivity index (χ0n) is 20.3. The monoisotopic (exact) mass is 544 g/mol. The number of nitrogens with zero attached hydrogens (tertiary/aromatic N) is 1. The average Bonchev–Trinajstić information content (AvgIpc) is 2.84. The van der Waals surface area contributed by atoms with Crippen molar-refractivity contribution in [2.75, 3.05) is 26.3 Å². The Labute approximate surface area is 215 Å². The lowest BCUT2D eigenvalue weighted by Gasteiger charge is -2.34. The Bertz CT molecular complexity index is 1010. The molecule has 3 rings (SSSR count). The van der Waals surface area contributed by atoms with Gasteiger partial charge in [0.2, 0.25) is 5.91 Å². The van der Waals surface area contributed by atoms with Crippen LogP contribution in [0.3, 0.4) is 0 Å². The van der Waals surface area contributed by atoms with Crippen LogP contribution < -0.4 is 10.1 Å². The predicted octanol–water partition coefficient (Wildman–Crippen LogP) is 4.38. The molecule has 2 aromatic carbocycles. The molecule has 0 spiro atoms. The fraction of sp³-hybridized carbons (Fsp3) is 0.444. The van der Waals surface area contributed by atoms with E-state index in [9.17, 15) is 14.4 Å². The molecule has 0 aromatic heterocycles. The number of rotatable bonds is 11. The van der Waals surface area contributed by atoms with Gasteiger partial charge in [-0.15, -0.1) is 0 Å². The fourth-order valence-corrected chi connectivity index (χ4v) is 4.30. The van der Waals surface area contributed by atoms with Crippen LogP contribution in [0.15, 0.2) is 53.0 Å². The van der Waals surface area contributed by atoms with E-state index < -0.39 is 12.0 Å². The van der Waals surface area contributed by atoms with Crippen molar-refractivity contribution in [3.8, 4) is 5.75 Å². The minimum atomic E-state index is -0.904. The van der Waals surface area contributed by atoms with Crippen molar-refractivity contribution < 1.29 is 23.9 Å². The molecule has 1 fully saturated rings. The number of esters is 1. The number of amides is 2. The molecule has 0 bridgehead atoms. The molecule has 0 radical (unpaired) electrons. The van der Waals surface area contributed by atoms with Gasteiger partial charge in [0.05, 0.1) is 24.1 Å². The number of piperazine rings is 1. The third-order valence-electron chi connectivity index (χ3n) is 5.80. The Morgan fingerprint density at radius 3 is 2.63 bits per heavy atom. The highest BCUT2D eigenvalue weighted by molar-refractivity contribution is 9.10. The summed E-state index contributed by atoms with van der Waals surface area (Å²) in [6.07, 6.45) is 2.24. The number of carbonyl (C=O) groups is 3. The molecule has 7 nitrogen and oxygen atoms in total. The summed E-state index contributed by atoms with van der Waals surface area (Å²) in [5.74, 6) is 0.0456. The van der Waals surface area contributed by atoms with Crippen LogP contribution in [0, 0.1) is 5.92 Å². The number of benzene rings is 2. The number of hydrogen-bond donors (Lipinski definition) is 1. The van der Waals surface area contributed by atoms with Gasteiger partial charge in [0.25, 0.3) is 5.91 Å². The van der Waals surface area contributed by atoms with E-state index in [1.165, 1.54) is 10.5 Å². The van der Waals surface area contributed by atoms with Gasteiger partial charge >= 0.3 is 5.97 Å². The van der Waals surface area contributed by atoms with Crippen molar-refractivity contribution in [3.63, 3.8) is 0 Å². The second-order valence-corrected chi connectivity index (χ2v) is 9.85. The van der Waals surface area contributed by atoms with Gasteiger partial charge in [0.1, 0.15) is 11.8 Å². The summed E-state index contributed by atoms with van der Waals surface area (Å²) in [6, 6.07) is 14.2. The summed E-state index contributed by atoms with van der Waals surface area (Å²) >= 11 is 3.48. The molecule has 2 aromatic rings. The van der Waals surface area contributed by atoms with Gasteiger partial charge in [-0.25, -0.2) is 0 Å². The van der Waals surface area contributed by atoms with Crippen LogP contribution >= 0.6 is 15.9 Å². The van der Waals surface area contributed by atoms with Gasteiger partial charge in [-0.3, -0.25) is 14.4 Å². The Hall–Kier alpha value is -2.87. The molecule has 1 aliphatic rings. The van der Waals surface area contributed by atoms with E-state index in [0.29, 0.717) is 47.8 Å². The van der Waals surface area contributed by atoms with E-state index in [4.69, 9.17) is 9.47 Å². The van der Waals surface area contributed by atoms with Crippen LogP contribution in [0.4, 0.5) is 0 Å². The van der Waals surface area contributed by atoms with Gasteiger partial charge in [-0.1, -0.05) is 44.2 Å². The van der Waals surface area contributed by atoms with E-state index in [-0.39, 0.29) is 24.8 Å². The van der Waals surface area contributed by atoms with Gasteiger partial charge in [0.15, 0.2) is 0 Å². The number of ether oxygens (including phenoxy) is 2. The maximum absolute atomic E-state index is 13.3. The highest BCUT2D eigenvalue weighted by Gasteiger charge is 2.35. The predicted molar refractivity (Wildman–Crippen MR) is 137 cm³/mol. The molecule has 2 amide bonds. The second-order valence-electron chi connectivity index (χ2n) is 9.00. The third kappa shape index (κ3) is 8.09. The van der Waals surface area contributed by atoms with Crippen molar-refractivity contribution in [1.82, 2.24) is 10.2 Å². The molecule has 0 saturated carbocycles. The highest BCUT2D eigenvalue weighted by Crippen LogP contribution is 2.27. The van der Waals surface area contributed by atoms with Crippen LogP contribution in [0.25, 0.3) is 0 Å². The molecule has 0 aliphatic carbocycles. The summed E-state index contributed by atoms with van der Waals surface area (Å²) in [6.45, 7) is 5.77. The molecular formula is C27H33BrN2O5. The lowest BCUT2D eigenvalue weighted by atomic mass is 10.1. The Morgan fingerprint density at radius 1 is 1.14 bits per heavy atom. The molecule has 8 heteroatoms. The molecule has 1 aliphatic heterocycles. The van der Waals surface area contributed by atoms with E-state index in [1.54, 1.807) is 18.2 Å². The second kappa shape index (κ2) is 13.3. The van der Waals surface area contributed by atoms with Crippen LogP contribution in [0.5, 0.6) is 5.75 Å². The van der Waals surface area contributed by atoms with Gasteiger partial charge < -0.3 is 19.7 Å². The van der Waals surface area contributed by atoms with Crippen LogP contribution in [-0.4, -0.2) is 55.0 Å². The van der Waals surface area contributed by atoms with E-state index in [2.05, 4.69) is 35.1 Å². The molecule has 1 heterocycles. The summed E-state index contributed by atoms with van der Waals surface area (Å²) < 4.78 is 11.8. The largest absolute Gasteiger partial charge is 0.492 e. The van der Waals surface area contributed by atoms with Gasteiger partial charge in [-0.2, -0.15) is 0 Å². The maximum Gasteiger partial charge on any atom is 0.308 e. The SMILES string of the molecule is CC(C)CCOc1ccc(C(=O)N2CCNC(=O)C2CC(=O)OCCCc2ccccc2)cc1Br. The van der Waals surface area contributed by atoms with Crippen LogP contribution in [0.1, 0.15) is 49.0 Å². The van der Waals surface area contributed by atoms with Crippen molar-refractivity contribution in [2.45, 2.75) is 45.6 Å². The molecule has 1 N–H and O–H groups in total. The topological polar surface area (TPSA) is 84.9 Å². The van der Waals surface area contributed by atoms with Crippen molar-refractivity contribution >= 4 is 33.7 Å². The Balaban J connectivity index is 1.56. The number of hydrogen-bond acceptors (Lipinski definition) is 5. The first kappa shape index (κ1) is 26.7. The van der Waals surface area contributed by atoms with Crippen molar-refractivity contribution in [3.05, 3.63) is 64.1 Å². The van der Waals surface area contributed by atoms with Crippen LogP contribution in [0.2, 0.25) is 0 Å². The minimum Gasteiger partial charge on any atom is -0.492 e. The summed E-state index contributed by atoms with van der Waals surface area (Å²) in [5, 5.41) is 2.75. The smallest absolute Gasteiger partial charge is 0.308 e. The van der Waals surface area contributed by atoms with Crippen LogP contribution in [-0.2, 0) is 20.7 Å². The van der Waals surface area contributed by atoms with Crippen molar-refractivity contribution in [2.24, 2.45) is 5.92 Å². The van der Waals surface area contributed by atoms with E-state index >= 15 is 0 Å². The third-order valence-corrected chi connectivity index (χ3v) is 6.42. The maximum atomic E-state index is 13.3. The first-order valence-electron chi connectivity index (χ1n) is 12.1. The minimum absolute atomic E-state index is 0.180. The van der Waals surface area contributed by atoms with Crippen molar-refractivity contribution in [1.29, 1.82) is 0 Å². The van der Waals surface area contributed by atoms with E-state index in [0.717, 1.165) is 12.8 Å². The molecular weight excluding hydrogens is 512 g/mol. The number of carbonyl (C=O) groups excluding carboxylic acids is 3. The quantitative estimate of drug-likeness (QED) is 0.335. The molecule has 35 heavy (non-hydrogen) atoms. The summed E-state index contributed by atoms with van der Waals surface area (Å²) in [7, 11) is 0. The Morgan fingerprint density at radius 2 is 1.91 bits per heavy atom. The summed E-state index contributed by atoms with van der Waals surface area (Å²) in [5.41, 5.74) is 1.60. The van der Waals surface area contributed by atoms with Gasteiger partial charge in [-0.05, 0) is 64.9 Å². The van der Waals surface area contributed by atoms with Gasteiger partial charge in [0, 0.05) is 18.7 Å². The average molecular weight is 545 g/mol. The summed E-state index contributed by atoms with van der Waals surface area (Å²) in [4.78, 5) is 39.7.